The molecule has 0 saturated carbocycles. The van der Waals surface area contributed by atoms with E-state index < -0.39 is 16.0 Å². The van der Waals surface area contributed by atoms with Crippen molar-refractivity contribution in [3.8, 4) is 0 Å². The molecule has 20 heavy (non-hydrogen) atoms. The third-order valence-electron chi connectivity index (χ3n) is 2.60. The van der Waals surface area contributed by atoms with Gasteiger partial charge in [-0.3, -0.25) is 0 Å². The van der Waals surface area contributed by atoms with E-state index in [0.29, 0.717) is 13.0 Å². The number of aromatic carboxylic acids is 1. The third-order valence-corrected chi connectivity index (χ3v) is 5.44. The Balaban J connectivity index is 3.26. The summed E-state index contributed by atoms with van der Waals surface area (Å²) in [7, 11) is -3.68. The van der Waals surface area contributed by atoms with E-state index in [1.165, 1.54) is 28.6 Å². The van der Waals surface area contributed by atoms with Crippen LogP contribution in [0.4, 0.5) is 0 Å². The van der Waals surface area contributed by atoms with Crippen molar-refractivity contribution in [1.29, 1.82) is 0 Å². The SMILES string of the molecule is C=CCN(CCC)S(=O)(=O)c1ccc(C(=O)O)cc1Br. The van der Waals surface area contributed by atoms with Gasteiger partial charge in [0.1, 0.15) is 0 Å². The summed E-state index contributed by atoms with van der Waals surface area (Å²) >= 11 is 3.13. The lowest BCUT2D eigenvalue weighted by Crippen LogP contribution is -2.32. The largest absolute Gasteiger partial charge is 0.478 e. The molecule has 0 unspecified atom stereocenters. The monoisotopic (exact) mass is 361 g/mol. The van der Waals surface area contributed by atoms with Crippen LogP contribution in [-0.2, 0) is 10.0 Å². The topological polar surface area (TPSA) is 74.7 Å². The fraction of sp³-hybridized carbons (Fsp3) is 0.308. The highest BCUT2D eigenvalue weighted by Crippen LogP contribution is 2.26. The van der Waals surface area contributed by atoms with Crippen molar-refractivity contribution in [3.63, 3.8) is 0 Å². The summed E-state index contributed by atoms with van der Waals surface area (Å²) in [6.07, 6.45) is 2.20. The summed E-state index contributed by atoms with van der Waals surface area (Å²) in [5.74, 6) is -1.11. The van der Waals surface area contributed by atoms with Gasteiger partial charge in [-0.2, -0.15) is 4.31 Å². The Morgan fingerprint density at radius 3 is 2.60 bits per heavy atom. The second kappa shape index (κ2) is 7.01. The Kier molecular flexibility index (Phi) is 5.91. The number of benzene rings is 1. The van der Waals surface area contributed by atoms with Gasteiger partial charge in [-0.05, 0) is 40.5 Å². The lowest BCUT2D eigenvalue weighted by atomic mass is 10.2. The molecule has 0 spiro atoms. The maximum atomic E-state index is 12.5. The molecule has 110 valence electrons. The molecule has 0 atom stereocenters. The minimum Gasteiger partial charge on any atom is -0.478 e. The molecular formula is C13H16BrNO4S. The first-order chi connectivity index (χ1) is 9.34. The highest BCUT2D eigenvalue weighted by atomic mass is 79.9. The van der Waals surface area contributed by atoms with E-state index in [-0.39, 0.29) is 21.5 Å². The Bertz CT molecular complexity index is 613. The molecule has 0 saturated heterocycles. The molecule has 1 N–H and O–H groups in total. The fourth-order valence-electron chi connectivity index (χ4n) is 1.69. The number of hydrogen-bond acceptors (Lipinski definition) is 3. The van der Waals surface area contributed by atoms with Gasteiger partial charge in [0, 0.05) is 17.6 Å². The normalized spacial score (nSPS) is 11.6. The van der Waals surface area contributed by atoms with Crippen molar-refractivity contribution in [3.05, 3.63) is 40.9 Å². The molecule has 0 aliphatic rings. The molecule has 1 rings (SSSR count). The van der Waals surface area contributed by atoms with Crippen LogP contribution in [0.5, 0.6) is 0 Å². The first kappa shape index (κ1) is 16.9. The van der Waals surface area contributed by atoms with Gasteiger partial charge < -0.3 is 5.11 Å². The number of hydrogen-bond donors (Lipinski definition) is 1. The average molecular weight is 362 g/mol. The number of carboxylic acid groups (broad SMARTS) is 1. The van der Waals surface area contributed by atoms with Crippen LogP contribution in [-0.4, -0.2) is 36.9 Å². The maximum absolute atomic E-state index is 12.5. The Morgan fingerprint density at radius 2 is 2.15 bits per heavy atom. The molecular weight excluding hydrogens is 346 g/mol. The number of halogens is 1. The lowest BCUT2D eigenvalue weighted by Gasteiger charge is -2.20. The van der Waals surface area contributed by atoms with Crippen molar-refractivity contribution in [2.24, 2.45) is 0 Å². The van der Waals surface area contributed by atoms with Gasteiger partial charge in [0.25, 0.3) is 0 Å². The van der Waals surface area contributed by atoms with Gasteiger partial charge in [0.05, 0.1) is 10.5 Å². The van der Waals surface area contributed by atoms with E-state index in [1.807, 2.05) is 6.92 Å². The molecule has 0 aromatic heterocycles. The summed E-state index contributed by atoms with van der Waals surface area (Å²) in [4.78, 5) is 10.9. The summed E-state index contributed by atoms with van der Waals surface area (Å²) in [6.45, 7) is 6.03. The standard InChI is InChI=1S/C13H16BrNO4S/c1-3-7-15(8-4-2)20(18,19)12-6-5-10(13(16)17)9-11(12)14/h3,5-6,9H,1,4,7-8H2,2H3,(H,16,17). The van der Waals surface area contributed by atoms with Crippen molar-refractivity contribution in [2.75, 3.05) is 13.1 Å². The second-order valence-corrected chi connectivity index (χ2v) is 6.86. The zero-order valence-corrected chi connectivity index (χ0v) is 13.4. The van der Waals surface area contributed by atoms with Gasteiger partial charge in [0.15, 0.2) is 0 Å². The van der Waals surface area contributed by atoms with Gasteiger partial charge in [0.2, 0.25) is 10.0 Å². The van der Waals surface area contributed by atoms with Crippen molar-refractivity contribution < 1.29 is 18.3 Å². The maximum Gasteiger partial charge on any atom is 0.335 e. The zero-order valence-electron chi connectivity index (χ0n) is 11.0. The van der Waals surface area contributed by atoms with E-state index in [2.05, 4.69) is 22.5 Å². The molecule has 0 aliphatic carbocycles. The highest BCUT2D eigenvalue weighted by molar-refractivity contribution is 9.10. The van der Waals surface area contributed by atoms with Crippen molar-refractivity contribution >= 4 is 31.9 Å². The van der Waals surface area contributed by atoms with Gasteiger partial charge in [-0.25, -0.2) is 13.2 Å². The Labute approximate surface area is 127 Å². The van der Waals surface area contributed by atoms with Crippen LogP contribution in [0, 0.1) is 0 Å². The number of rotatable bonds is 7. The molecule has 1 aromatic rings. The Hall–Kier alpha value is -1.18. The molecule has 1 aromatic carbocycles. The van der Waals surface area contributed by atoms with E-state index in [0.717, 1.165) is 0 Å². The van der Waals surface area contributed by atoms with E-state index in [9.17, 15) is 13.2 Å². The first-order valence-electron chi connectivity index (χ1n) is 5.98. The highest BCUT2D eigenvalue weighted by Gasteiger charge is 2.25. The predicted octanol–water partition coefficient (Wildman–Crippen LogP) is 2.73. The molecule has 0 fully saturated rings. The van der Waals surface area contributed by atoms with Gasteiger partial charge in [-0.15, -0.1) is 6.58 Å². The third kappa shape index (κ3) is 3.68. The lowest BCUT2D eigenvalue weighted by molar-refractivity contribution is 0.0696. The predicted molar refractivity (Wildman–Crippen MR) is 80.3 cm³/mol. The quantitative estimate of drug-likeness (QED) is 0.757. The van der Waals surface area contributed by atoms with Crippen LogP contribution < -0.4 is 0 Å². The van der Waals surface area contributed by atoms with Crippen molar-refractivity contribution in [1.82, 2.24) is 4.31 Å². The Morgan fingerprint density at radius 1 is 1.50 bits per heavy atom. The van der Waals surface area contributed by atoms with Gasteiger partial charge in [-0.1, -0.05) is 13.0 Å². The van der Waals surface area contributed by atoms with Crippen LogP contribution in [0.2, 0.25) is 0 Å². The molecule has 5 nitrogen and oxygen atoms in total. The smallest absolute Gasteiger partial charge is 0.335 e. The minimum absolute atomic E-state index is 0.0292. The first-order valence-corrected chi connectivity index (χ1v) is 8.21. The molecule has 0 radical (unpaired) electrons. The summed E-state index contributed by atoms with van der Waals surface area (Å²) in [5, 5.41) is 8.89. The average Bonchev–Trinajstić information content (AvgIpc) is 2.37. The number of nitrogens with zero attached hydrogens (tertiary/aromatic N) is 1. The van der Waals surface area contributed by atoms with Crippen LogP contribution in [0.15, 0.2) is 40.2 Å². The van der Waals surface area contributed by atoms with Crippen LogP contribution in [0.1, 0.15) is 23.7 Å². The molecule has 0 aliphatic heterocycles. The van der Waals surface area contributed by atoms with Crippen LogP contribution in [0.25, 0.3) is 0 Å². The molecule has 0 bridgehead atoms. The molecule has 0 amide bonds. The fourth-order valence-corrected chi connectivity index (χ4v) is 4.23. The van der Waals surface area contributed by atoms with E-state index in [4.69, 9.17) is 5.11 Å². The van der Waals surface area contributed by atoms with E-state index in [1.54, 1.807) is 0 Å². The van der Waals surface area contributed by atoms with Crippen LogP contribution in [0.3, 0.4) is 0 Å². The number of carbonyl (C=O) groups is 1. The molecule has 0 heterocycles. The summed E-state index contributed by atoms with van der Waals surface area (Å²) < 4.78 is 26.6. The van der Waals surface area contributed by atoms with Crippen LogP contribution >= 0.6 is 15.9 Å². The number of sulfonamides is 1. The number of carboxylic acids is 1. The second-order valence-electron chi connectivity index (χ2n) is 4.10. The molecule has 7 heteroatoms. The van der Waals surface area contributed by atoms with Crippen molar-refractivity contribution in [2.45, 2.75) is 18.2 Å². The summed E-state index contributed by atoms with van der Waals surface area (Å²) in [6, 6.07) is 3.86. The minimum atomic E-state index is -3.68. The van der Waals surface area contributed by atoms with E-state index >= 15 is 0 Å². The van der Waals surface area contributed by atoms with Gasteiger partial charge >= 0.3 is 5.97 Å². The summed E-state index contributed by atoms with van der Waals surface area (Å²) in [5.41, 5.74) is 0.0292. The zero-order chi connectivity index (χ0) is 15.3.